The van der Waals surface area contributed by atoms with Crippen LogP contribution in [0.15, 0.2) is 0 Å². The molecule has 84 valence electrons. The molecule has 0 rings (SSSR count). The van der Waals surface area contributed by atoms with Crippen LogP contribution in [-0.2, 0) is 4.79 Å². The lowest BCUT2D eigenvalue weighted by molar-refractivity contribution is -0.124. The van der Waals surface area contributed by atoms with Crippen LogP contribution in [0.2, 0.25) is 0 Å². The van der Waals surface area contributed by atoms with Gasteiger partial charge in [0, 0.05) is 6.54 Å². The van der Waals surface area contributed by atoms with E-state index in [-0.39, 0.29) is 11.3 Å². The summed E-state index contributed by atoms with van der Waals surface area (Å²) in [6.45, 7) is 10.9. The average Bonchev–Trinajstić information content (AvgIpc) is 2.00. The van der Waals surface area contributed by atoms with Crippen LogP contribution in [0.1, 0.15) is 41.0 Å². The minimum absolute atomic E-state index is 0.0434. The first-order valence-electron chi connectivity index (χ1n) is 5.28. The lowest BCUT2D eigenvalue weighted by Gasteiger charge is -2.25. The molecule has 0 aromatic carbocycles. The van der Waals surface area contributed by atoms with Crippen LogP contribution in [0.4, 0.5) is 0 Å². The molecule has 0 spiro atoms. The standard InChI is InChI=1S/C11H24N2O/c1-8(2)6-7-13-10(14)9(12)11(3,4)5/h8-9H,6-7,12H2,1-5H3,(H,13,14). The second-order valence-electron chi connectivity index (χ2n) is 5.32. The number of nitrogens with two attached hydrogens (primary N) is 1. The monoisotopic (exact) mass is 200 g/mol. The fourth-order valence-electron chi connectivity index (χ4n) is 0.987. The van der Waals surface area contributed by atoms with Crippen molar-refractivity contribution in [1.29, 1.82) is 0 Å². The number of amides is 1. The van der Waals surface area contributed by atoms with Crippen molar-refractivity contribution in [3.05, 3.63) is 0 Å². The van der Waals surface area contributed by atoms with E-state index in [0.29, 0.717) is 5.92 Å². The van der Waals surface area contributed by atoms with Crippen molar-refractivity contribution < 1.29 is 4.79 Å². The largest absolute Gasteiger partial charge is 0.355 e. The molecule has 0 aromatic rings. The van der Waals surface area contributed by atoms with Gasteiger partial charge in [-0.25, -0.2) is 0 Å². The molecule has 1 amide bonds. The summed E-state index contributed by atoms with van der Waals surface area (Å²) >= 11 is 0. The second kappa shape index (κ2) is 5.35. The molecule has 0 aliphatic carbocycles. The van der Waals surface area contributed by atoms with Crippen molar-refractivity contribution in [2.45, 2.75) is 47.1 Å². The molecule has 0 aliphatic heterocycles. The Morgan fingerprint density at radius 1 is 1.36 bits per heavy atom. The summed E-state index contributed by atoms with van der Waals surface area (Å²) in [4.78, 5) is 11.5. The van der Waals surface area contributed by atoms with E-state index in [0.717, 1.165) is 13.0 Å². The number of carbonyl (C=O) groups excluding carboxylic acids is 1. The first-order valence-corrected chi connectivity index (χ1v) is 5.28. The van der Waals surface area contributed by atoms with E-state index in [1.165, 1.54) is 0 Å². The maximum absolute atomic E-state index is 11.5. The summed E-state index contributed by atoms with van der Waals surface area (Å²) in [5.74, 6) is 0.569. The summed E-state index contributed by atoms with van der Waals surface area (Å²) < 4.78 is 0. The van der Waals surface area contributed by atoms with E-state index >= 15 is 0 Å². The Bertz CT molecular complexity index is 182. The number of rotatable bonds is 4. The third-order valence-corrected chi connectivity index (χ3v) is 2.24. The Hall–Kier alpha value is -0.570. The Balaban J connectivity index is 3.86. The van der Waals surface area contributed by atoms with Gasteiger partial charge in [-0.3, -0.25) is 4.79 Å². The number of hydrogen-bond donors (Lipinski definition) is 2. The average molecular weight is 200 g/mol. The summed E-state index contributed by atoms with van der Waals surface area (Å²) in [6.07, 6.45) is 1.00. The molecular formula is C11H24N2O. The maximum atomic E-state index is 11.5. The second-order valence-corrected chi connectivity index (χ2v) is 5.32. The topological polar surface area (TPSA) is 55.1 Å². The summed E-state index contributed by atoms with van der Waals surface area (Å²) in [5.41, 5.74) is 5.63. The smallest absolute Gasteiger partial charge is 0.237 e. The van der Waals surface area contributed by atoms with E-state index in [1.807, 2.05) is 20.8 Å². The highest BCUT2D eigenvalue weighted by Crippen LogP contribution is 2.17. The van der Waals surface area contributed by atoms with Gasteiger partial charge in [0.05, 0.1) is 6.04 Å². The van der Waals surface area contributed by atoms with Gasteiger partial charge in [-0.2, -0.15) is 0 Å². The van der Waals surface area contributed by atoms with Gasteiger partial charge in [-0.1, -0.05) is 34.6 Å². The molecule has 1 unspecified atom stereocenters. The van der Waals surface area contributed by atoms with E-state index in [1.54, 1.807) is 0 Å². The quantitative estimate of drug-likeness (QED) is 0.723. The molecule has 0 saturated carbocycles. The zero-order chi connectivity index (χ0) is 11.4. The van der Waals surface area contributed by atoms with Gasteiger partial charge >= 0.3 is 0 Å². The maximum Gasteiger partial charge on any atom is 0.237 e. The highest BCUT2D eigenvalue weighted by atomic mass is 16.2. The normalized spacial score (nSPS) is 14.2. The number of carbonyl (C=O) groups is 1. The summed E-state index contributed by atoms with van der Waals surface area (Å²) in [7, 11) is 0. The highest BCUT2D eigenvalue weighted by molar-refractivity contribution is 5.82. The lowest BCUT2D eigenvalue weighted by Crippen LogP contribution is -2.48. The molecule has 14 heavy (non-hydrogen) atoms. The molecule has 0 aromatic heterocycles. The number of nitrogens with one attached hydrogen (secondary N) is 1. The molecule has 0 radical (unpaired) electrons. The third kappa shape index (κ3) is 5.22. The van der Waals surface area contributed by atoms with Crippen molar-refractivity contribution in [2.24, 2.45) is 17.1 Å². The van der Waals surface area contributed by atoms with Gasteiger partial charge in [0.1, 0.15) is 0 Å². The molecule has 3 heteroatoms. The minimum atomic E-state index is -0.422. The Kier molecular flexibility index (Phi) is 5.13. The molecule has 0 saturated heterocycles. The van der Waals surface area contributed by atoms with Crippen molar-refractivity contribution in [1.82, 2.24) is 5.32 Å². The molecule has 0 fully saturated rings. The van der Waals surface area contributed by atoms with Gasteiger partial charge in [-0.05, 0) is 17.8 Å². The SMILES string of the molecule is CC(C)CCNC(=O)C(N)C(C)(C)C. The van der Waals surface area contributed by atoms with Gasteiger partial charge in [0.15, 0.2) is 0 Å². The molecule has 3 N–H and O–H groups in total. The first kappa shape index (κ1) is 13.4. The highest BCUT2D eigenvalue weighted by Gasteiger charge is 2.26. The van der Waals surface area contributed by atoms with E-state index < -0.39 is 6.04 Å². The lowest BCUT2D eigenvalue weighted by atomic mass is 9.87. The van der Waals surface area contributed by atoms with Crippen LogP contribution in [0.5, 0.6) is 0 Å². The van der Waals surface area contributed by atoms with Crippen LogP contribution in [0.3, 0.4) is 0 Å². The minimum Gasteiger partial charge on any atom is -0.355 e. The van der Waals surface area contributed by atoms with Crippen LogP contribution < -0.4 is 11.1 Å². The molecule has 0 heterocycles. The van der Waals surface area contributed by atoms with Crippen LogP contribution in [0.25, 0.3) is 0 Å². The predicted octanol–water partition coefficient (Wildman–Crippen LogP) is 1.52. The van der Waals surface area contributed by atoms with Crippen molar-refractivity contribution in [2.75, 3.05) is 6.54 Å². The van der Waals surface area contributed by atoms with Gasteiger partial charge < -0.3 is 11.1 Å². The molecule has 0 aliphatic rings. The summed E-state index contributed by atoms with van der Waals surface area (Å²) in [6, 6.07) is -0.422. The van der Waals surface area contributed by atoms with E-state index in [9.17, 15) is 4.79 Å². The van der Waals surface area contributed by atoms with Crippen LogP contribution in [-0.4, -0.2) is 18.5 Å². The predicted molar refractivity (Wildman–Crippen MR) is 59.9 cm³/mol. The molecular weight excluding hydrogens is 176 g/mol. The van der Waals surface area contributed by atoms with Gasteiger partial charge in [-0.15, -0.1) is 0 Å². The first-order chi connectivity index (χ1) is 6.25. The zero-order valence-electron chi connectivity index (χ0n) is 10.1. The Morgan fingerprint density at radius 3 is 2.21 bits per heavy atom. The molecule has 0 bridgehead atoms. The van der Waals surface area contributed by atoms with Crippen LogP contribution in [0, 0.1) is 11.3 Å². The van der Waals surface area contributed by atoms with Gasteiger partial charge in [0.2, 0.25) is 5.91 Å². The Morgan fingerprint density at radius 2 is 1.86 bits per heavy atom. The van der Waals surface area contributed by atoms with Crippen molar-refractivity contribution >= 4 is 5.91 Å². The van der Waals surface area contributed by atoms with Crippen LogP contribution >= 0.6 is 0 Å². The molecule has 1 atom stereocenters. The van der Waals surface area contributed by atoms with E-state index in [2.05, 4.69) is 19.2 Å². The van der Waals surface area contributed by atoms with E-state index in [4.69, 9.17) is 5.73 Å². The fraction of sp³-hybridized carbons (Fsp3) is 0.909. The fourth-order valence-corrected chi connectivity index (χ4v) is 0.987. The van der Waals surface area contributed by atoms with Crippen molar-refractivity contribution in [3.63, 3.8) is 0 Å². The summed E-state index contributed by atoms with van der Waals surface area (Å²) in [5, 5.41) is 2.86. The molecule has 3 nitrogen and oxygen atoms in total. The number of hydrogen-bond acceptors (Lipinski definition) is 2. The van der Waals surface area contributed by atoms with Crippen molar-refractivity contribution in [3.8, 4) is 0 Å². The third-order valence-electron chi connectivity index (χ3n) is 2.24. The Labute approximate surface area is 87.4 Å². The van der Waals surface area contributed by atoms with Gasteiger partial charge in [0.25, 0.3) is 0 Å². The zero-order valence-corrected chi connectivity index (χ0v) is 10.1.